The Morgan fingerprint density at radius 3 is 2.30 bits per heavy atom. The van der Waals surface area contributed by atoms with Gasteiger partial charge >= 0.3 is 18.2 Å². The lowest BCUT2D eigenvalue weighted by atomic mass is 9.78. The van der Waals surface area contributed by atoms with Crippen LogP contribution in [-0.4, -0.2) is 69.1 Å². The van der Waals surface area contributed by atoms with Gasteiger partial charge in [-0.15, -0.1) is 0 Å². The molecule has 10 heteroatoms. The highest BCUT2D eigenvalue weighted by Gasteiger charge is 2.56. The smallest absolute Gasteiger partial charge is 0.475 e. The van der Waals surface area contributed by atoms with Crippen molar-refractivity contribution in [1.82, 2.24) is 15.1 Å². The molecule has 4 aliphatic rings. The quantitative estimate of drug-likeness (QED) is 0.558. The van der Waals surface area contributed by atoms with Crippen LogP contribution in [0, 0.1) is 0 Å². The second-order valence-electron chi connectivity index (χ2n) is 10.7. The number of aliphatic imine (C=N–C) groups is 1. The van der Waals surface area contributed by atoms with E-state index in [1.165, 1.54) is 44.1 Å². The fourth-order valence-electron chi connectivity index (χ4n) is 6.05. The van der Waals surface area contributed by atoms with Crippen molar-refractivity contribution in [1.29, 1.82) is 0 Å². The number of carboxylic acids is 1. The zero-order valence-corrected chi connectivity index (χ0v) is 21.3. The third-order valence-corrected chi connectivity index (χ3v) is 8.21. The number of piperidine rings is 1. The first-order valence-electron chi connectivity index (χ1n) is 13.4. The molecule has 2 atom stereocenters. The minimum atomic E-state index is -5.08. The summed E-state index contributed by atoms with van der Waals surface area (Å²) in [5.74, 6) is -1.76. The summed E-state index contributed by atoms with van der Waals surface area (Å²) < 4.78 is 31.7. The third kappa shape index (κ3) is 6.27. The van der Waals surface area contributed by atoms with Gasteiger partial charge in [-0.25, -0.2) is 9.59 Å². The number of rotatable bonds is 4. The van der Waals surface area contributed by atoms with Crippen molar-refractivity contribution < 1.29 is 27.9 Å². The summed E-state index contributed by atoms with van der Waals surface area (Å²) in [4.78, 5) is 32.1. The molecule has 2 amide bonds. The lowest BCUT2D eigenvalue weighted by molar-refractivity contribution is -0.192. The number of halogens is 3. The standard InChI is InChI=1S/C25H36N4O.C2HF3O2/c1-19-17-25(15-16-28(19)18-20-9-4-2-5-10-20)23(26-21-11-6-3-7-12-21)27-24(30)29(25)22-13-8-14-22;3-2(4,5)1(6)7/h2,4-5,9-10,19,21-22H,3,6-8,11-18H2,1H3,(H,26,27,30);(H,6,7)/t19-,25+;/m1./s1. The van der Waals surface area contributed by atoms with E-state index in [2.05, 4.69) is 52.4 Å². The number of carbonyl (C=O) groups is 2. The Bertz CT molecular complexity index is 977. The summed E-state index contributed by atoms with van der Waals surface area (Å²) in [5, 5.41) is 10.4. The second-order valence-corrected chi connectivity index (χ2v) is 10.7. The molecule has 2 aliphatic heterocycles. The molecule has 1 aromatic carbocycles. The Balaban J connectivity index is 0.000000405. The first kappa shape index (κ1) is 27.4. The first-order valence-corrected chi connectivity index (χ1v) is 13.4. The summed E-state index contributed by atoms with van der Waals surface area (Å²) in [6, 6.07) is 12.1. The molecule has 5 rings (SSSR count). The van der Waals surface area contributed by atoms with Gasteiger partial charge in [0.1, 0.15) is 11.4 Å². The lowest BCUT2D eigenvalue weighted by Gasteiger charge is -2.51. The SMILES string of the molecule is C[C@@H]1C[C@@]2(CCN1Cc1ccccc1)C(=NC1CCCCC1)NC(=O)N2C1CCC1.O=C(O)C(F)(F)F. The molecular weight excluding hydrogens is 485 g/mol. The van der Waals surface area contributed by atoms with Gasteiger partial charge in [0, 0.05) is 25.2 Å². The van der Waals surface area contributed by atoms with Crippen LogP contribution < -0.4 is 5.32 Å². The summed E-state index contributed by atoms with van der Waals surface area (Å²) in [7, 11) is 0. The fourth-order valence-corrected chi connectivity index (χ4v) is 6.05. The fraction of sp³-hybridized carbons (Fsp3) is 0.667. The summed E-state index contributed by atoms with van der Waals surface area (Å²) in [5.41, 5.74) is 1.15. The summed E-state index contributed by atoms with van der Waals surface area (Å²) in [6.45, 7) is 4.33. The van der Waals surface area contributed by atoms with Crippen molar-refractivity contribution in [2.75, 3.05) is 6.54 Å². The van der Waals surface area contributed by atoms with Crippen LogP contribution in [0.25, 0.3) is 0 Å². The van der Waals surface area contributed by atoms with Crippen LogP contribution in [0.4, 0.5) is 18.0 Å². The van der Waals surface area contributed by atoms with Crippen LogP contribution in [-0.2, 0) is 11.3 Å². The average Bonchev–Trinajstić information content (AvgIpc) is 3.06. The highest BCUT2D eigenvalue weighted by molar-refractivity contribution is 6.10. The van der Waals surface area contributed by atoms with Crippen LogP contribution in [0.3, 0.4) is 0 Å². The Kier molecular flexibility index (Phi) is 8.46. The number of nitrogens with zero attached hydrogens (tertiary/aromatic N) is 3. The van der Waals surface area contributed by atoms with Crippen molar-refractivity contribution in [2.45, 2.75) is 108 Å². The zero-order valence-electron chi connectivity index (χ0n) is 21.3. The number of nitrogens with one attached hydrogen (secondary N) is 1. The van der Waals surface area contributed by atoms with E-state index in [1.54, 1.807) is 0 Å². The highest BCUT2D eigenvalue weighted by atomic mass is 19.4. The number of hydrogen-bond acceptors (Lipinski definition) is 4. The number of hydrogen-bond donors (Lipinski definition) is 2. The van der Waals surface area contributed by atoms with E-state index in [9.17, 15) is 18.0 Å². The van der Waals surface area contributed by atoms with Gasteiger partial charge in [0.05, 0.1) is 6.04 Å². The van der Waals surface area contributed by atoms with Gasteiger partial charge in [0.25, 0.3) is 0 Å². The number of amides is 2. The van der Waals surface area contributed by atoms with Crippen molar-refractivity contribution in [3.8, 4) is 0 Å². The van der Waals surface area contributed by atoms with E-state index in [0.717, 1.165) is 44.6 Å². The predicted octanol–water partition coefficient (Wildman–Crippen LogP) is 5.35. The molecule has 204 valence electrons. The van der Waals surface area contributed by atoms with Crippen molar-refractivity contribution >= 4 is 17.8 Å². The maximum absolute atomic E-state index is 13.1. The average molecular weight is 523 g/mol. The molecule has 37 heavy (non-hydrogen) atoms. The molecule has 1 aromatic rings. The molecule has 0 bridgehead atoms. The maximum atomic E-state index is 13.1. The lowest BCUT2D eigenvalue weighted by Crippen LogP contribution is -2.62. The van der Waals surface area contributed by atoms with Crippen molar-refractivity contribution in [3.63, 3.8) is 0 Å². The van der Waals surface area contributed by atoms with E-state index in [-0.39, 0.29) is 11.6 Å². The Morgan fingerprint density at radius 2 is 1.76 bits per heavy atom. The van der Waals surface area contributed by atoms with E-state index < -0.39 is 12.1 Å². The molecule has 2 saturated carbocycles. The number of carbonyl (C=O) groups excluding carboxylic acids is 1. The van der Waals surface area contributed by atoms with Gasteiger partial charge in [0.2, 0.25) is 0 Å². The minimum Gasteiger partial charge on any atom is -0.475 e. The Labute approximate surface area is 216 Å². The third-order valence-electron chi connectivity index (χ3n) is 8.21. The number of likely N-dealkylation sites (tertiary alicyclic amines) is 1. The normalized spacial score (nSPS) is 28.5. The van der Waals surface area contributed by atoms with Gasteiger partial charge in [-0.3, -0.25) is 15.2 Å². The Morgan fingerprint density at radius 1 is 1.11 bits per heavy atom. The van der Waals surface area contributed by atoms with Crippen LogP contribution in [0.1, 0.15) is 76.7 Å². The molecule has 0 unspecified atom stereocenters. The number of carboxylic acid groups (broad SMARTS) is 1. The topological polar surface area (TPSA) is 85.2 Å². The Hall–Kier alpha value is -2.62. The van der Waals surface area contributed by atoms with E-state index in [1.807, 2.05) is 0 Å². The van der Waals surface area contributed by atoms with E-state index in [0.29, 0.717) is 18.1 Å². The monoisotopic (exact) mass is 522 g/mol. The molecule has 2 aliphatic carbocycles. The minimum absolute atomic E-state index is 0.109. The maximum Gasteiger partial charge on any atom is 0.490 e. The molecule has 2 N–H and O–H groups in total. The van der Waals surface area contributed by atoms with Crippen LogP contribution in [0.2, 0.25) is 0 Å². The first-order chi connectivity index (χ1) is 17.6. The molecule has 2 heterocycles. The molecular formula is C27H37F3N4O3. The number of urea groups is 1. The van der Waals surface area contributed by atoms with Crippen LogP contribution in [0.5, 0.6) is 0 Å². The van der Waals surface area contributed by atoms with Crippen molar-refractivity contribution in [3.05, 3.63) is 35.9 Å². The molecule has 1 spiro atoms. The second kappa shape index (κ2) is 11.4. The summed E-state index contributed by atoms with van der Waals surface area (Å²) >= 11 is 0. The predicted molar refractivity (Wildman–Crippen MR) is 134 cm³/mol. The van der Waals surface area contributed by atoms with Crippen molar-refractivity contribution in [2.24, 2.45) is 4.99 Å². The molecule has 4 fully saturated rings. The van der Waals surface area contributed by atoms with E-state index >= 15 is 0 Å². The number of alkyl halides is 3. The number of benzene rings is 1. The summed E-state index contributed by atoms with van der Waals surface area (Å²) in [6.07, 6.45) is 6.66. The molecule has 0 aromatic heterocycles. The van der Waals surface area contributed by atoms with E-state index in [4.69, 9.17) is 14.9 Å². The van der Waals surface area contributed by atoms with Gasteiger partial charge in [-0.1, -0.05) is 49.6 Å². The van der Waals surface area contributed by atoms with Gasteiger partial charge < -0.3 is 10.0 Å². The number of amidine groups is 1. The molecule has 7 nitrogen and oxygen atoms in total. The van der Waals surface area contributed by atoms with Crippen LogP contribution in [0.15, 0.2) is 35.3 Å². The van der Waals surface area contributed by atoms with Gasteiger partial charge in [0.15, 0.2) is 0 Å². The molecule has 2 saturated heterocycles. The van der Waals surface area contributed by atoms with Crippen LogP contribution >= 0.6 is 0 Å². The van der Waals surface area contributed by atoms with Gasteiger partial charge in [-0.2, -0.15) is 13.2 Å². The van der Waals surface area contributed by atoms with Gasteiger partial charge in [-0.05, 0) is 57.4 Å². The number of aliphatic carboxylic acids is 1. The zero-order chi connectivity index (χ0) is 26.6. The molecule has 0 radical (unpaired) electrons. The largest absolute Gasteiger partial charge is 0.490 e. The highest BCUT2D eigenvalue weighted by Crippen LogP contribution is 2.43.